The normalized spacial score (nSPS) is 10.4. The largest absolute Gasteiger partial charge is 0.353 e. The molecule has 3 aromatic rings. The van der Waals surface area contributed by atoms with E-state index in [1.165, 1.54) is 0 Å². The monoisotopic (exact) mass is 221 g/mol. The molecule has 0 bridgehead atoms. The van der Waals surface area contributed by atoms with Crippen LogP contribution in [0.1, 0.15) is 0 Å². The van der Waals surface area contributed by atoms with Crippen molar-refractivity contribution in [2.24, 2.45) is 0 Å². The second-order valence-corrected chi connectivity index (χ2v) is 3.77. The van der Waals surface area contributed by atoms with Crippen LogP contribution in [0.15, 0.2) is 61.2 Å². The van der Waals surface area contributed by atoms with Gasteiger partial charge in [0.2, 0.25) is 0 Å². The van der Waals surface area contributed by atoms with Crippen molar-refractivity contribution in [3.8, 4) is 0 Å². The molecule has 3 heteroatoms. The summed E-state index contributed by atoms with van der Waals surface area (Å²) in [6.45, 7) is 0. The van der Waals surface area contributed by atoms with Crippen molar-refractivity contribution in [3.63, 3.8) is 0 Å². The minimum atomic E-state index is 0.964. The summed E-state index contributed by atoms with van der Waals surface area (Å²) < 4.78 is 0. The summed E-state index contributed by atoms with van der Waals surface area (Å²) in [5, 5.41) is 5.61. The van der Waals surface area contributed by atoms with Crippen LogP contribution >= 0.6 is 0 Å². The number of nitrogens with one attached hydrogen (secondary N) is 1. The van der Waals surface area contributed by atoms with Gasteiger partial charge in [-0.3, -0.25) is 9.97 Å². The van der Waals surface area contributed by atoms with Crippen molar-refractivity contribution in [3.05, 3.63) is 61.2 Å². The highest BCUT2D eigenvalue weighted by atomic mass is 14.9. The van der Waals surface area contributed by atoms with E-state index in [0.717, 1.165) is 22.1 Å². The van der Waals surface area contributed by atoms with Gasteiger partial charge >= 0.3 is 0 Å². The standard InChI is InChI=1S/C14H11N3/c1-2-6-13-11(4-1)8-16-10-14(13)17-12-5-3-7-15-9-12/h1-10,17H. The lowest BCUT2D eigenvalue weighted by Gasteiger charge is -2.08. The number of benzene rings is 1. The lowest BCUT2D eigenvalue weighted by Crippen LogP contribution is -1.92. The SMILES string of the molecule is c1cncc(Nc2cncc3ccccc23)c1. The molecular formula is C14H11N3. The summed E-state index contributed by atoms with van der Waals surface area (Å²) in [5.41, 5.74) is 1.96. The first-order valence-electron chi connectivity index (χ1n) is 5.43. The highest BCUT2D eigenvalue weighted by Crippen LogP contribution is 2.24. The molecule has 3 rings (SSSR count). The third-order valence-corrected chi connectivity index (χ3v) is 2.61. The van der Waals surface area contributed by atoms with Gasteiger partial charge in [0, 0.05) is 23.2 Å². The van der Waals surface area contributed by atoms with E-state index in [1.807, 2.05) is 36.7 Å². The zero-order valence-electron chi connectivity index (χ0n) is 9.17. The zero-order chi connectivity index (χ0) is 11.5. The Morgan fingerprint density at radius 1 is 0.824 bits per heavy atom. The first-order valence-corrected chi connectivity index (χ1v) is 5.43. The molecule has 0 aliphatic heterocycles. The highest BCUT2D eigenvalue weighted by molar-refractivity contribution is 5.94. The van der Waals surface area contributed by atoms with Gasteiger partial charge in [-0.1, -0.05) is 24.3 Å². The number of hydrogen-bond acceptors (Lipinski definition) is 3. The van der Waals surface area contributed by atoms with Crippen LogP contribution in [0.2, 0.25) is 0 Å². The van der Waals surface area contributed by atoms with Crippen molar-refractivity contribution in [1.82, 2.24) is 9.97 Å². The van der Waals surface area contributed by atoms with Gasteiger partial charge < -0.3 is 5.32 Å². The predicted molar refractivity (Wildman–Crippen MR) is 69.3 cm³/mol. The molecular weight excluding hydrogens is 210 g/mol. The van der Waals surface area contributed by atoms with Crippen LogP contribution in [0, 0.1) is 0 Å². The van der Waals surface area contributed by atoms with Gasteiger partial charge in [-0.05, 0) is 12.1 Å². The third-order valence-electron chi connectivity index (χ3n) is 2.61. The molecule has 0 radical (unpaired) electrons. The Bertz CT molecular complexity index is 630. The van der Waals surface area contributed by atoms with Crippen LogP contribution < -0.4 is 5.32 Å². The molecule has 3 nitrogen and oxygen atoms in total. The molecule has 0 saturated heterocycles. The van der Waals surface area contributed by atoms with Crippen LogP contribution in [0.5, 0.6) is 0 Å². The Labute approximate surface area is 99.2 Å². The molecule has 1 N–H and O–H groups in total. The summed E-state index contributed by atoms with van der Waals surface area (Å²) in [4.78, 5) is 8.30. The number of hydrogen-bond donors (Lipinski definition) is 1. The van der Waals surface area contributed by atoms with Crippen LogP contribution in [0.3, 0.4) is 0 Å². The minimum Gasteiger partial charge on any atom is -0.353 e. The van der Waals surface area contributed by atoms with E-state index < -0.39 is 0 Å². The van der Waals surface area contributed by atoms with E-state index in [4.69, 9.17) is 0 Å². The van der Waals surface area contributed by atoms with Gasteiger partial charge in [-0.2, -0.15) is 0 Å². The average Bonchev–Trinajstić information content (AvgIpc) is 2.40. The Morgan fingerprint density at radius 2 is 1.76 bits per heavy atom. The number of nitrogens with zero attached hydrogens (tertiary/aromatic N) is 2. The fourth-order valence-corrected chi connectivity index (χ4v) is 1.81. The second-order valence-electron chi connectivity index (χ2n) is 3.77. The molecule has 2 aromatic heterocycles. The lowest BCUT2D eigenvalue weighted by atomic mass is 10.1. The molecule has 0 unspecified atom stereocenters. The average molecular weight is 221 g/mol. The van der Waals surface area contributed by atoms with Crippen LogP contribution in [0.4, 0.5) is 11.4 Å². The molecule has 17 heavy (non-hydrogen) atoms. The first-order chi connectivity index (χ1) is 8.43. The molecule has 1 aromatic carbocycles. The van der Waals surface area contributed by atoms with Crippen molar-refractivity contribution >= 4 is 22.1 Å². The fourth-order valence-electron chi connectivity index (χ4n) is 1.81. The molecule has 0 aliphatic rings. The van der Waals surface area contributed by atoms with Crippen LogP contribution in [0.25, 0.3) is 10.8 Å². The summed E-state index contributed by atoms with van der Waals surface area (Å²) in [5.74, 6) is 0. The number of pyridine rings is 2. The van der Waals surface area contributed by atoms with Crippen LogP contribution in [-0.2, 0) is 0 Å². The maximum Gasteiger partial charge on any atom is 0.0650 e. The van der Waals surface area contributed by atoms with E-state index in [-0.39, 0.29) is 0 Å². The van der Waals surface area contributed by atoms with Gasteiger partial charge in [0.1, 0.15) is 0 Å². The summed E-state index contributed by atoms with van der Waals surface area (Å²) in [7, 11) is 0. The van der Waals surface area contributed by atoms with E-state index in [9.17, 15) is 0 Å². The topological polar surface area (TPSA) is 37.8 Å². The highest BCUT2D eigenvalue weighted by Gasteiger charge is 2.00. The maximum atomic E-state index is 4.23. The maximum absolute atomic E-state index is 4.23. The van der Waals surface area contributed by atoms with E-state index >= 15 is 0 Å². The van der Waals surface area contributed by atoms with Gasteiger partial charge in [0.15, 0.2) is 0 Å². The summed E-state index contributed by atoms with van der Waals surface area (Å²) >= 11 is 0. The summed E-state index contributed by atoms with van der Waals surface area (Å²) in [6, 6.07) is 12.1. The molecule has 0 amide bonds. The smallest absolute Gasteiger partial charge is 0.0650 e. The minimum absolute atomic E-state index is 0.964. The van der Waals surface area contributed by atoms with Gasteiger partial charge in [0.25, 0.3) is 0 Å². The Balaban J connectivity index is 2.06. The molecule has 0 atom stereocenters. The Hall–Kier alpha value is -2.42. The van der Waals surface area contributed by atoms with E-state index in [0.29, 0.717) is 0 Å². The molecule has 0 fully saturated rings. The van der Waals surface area contributed by atoms with Crippen LogP contribution in [-0.4, -0.2) is 9.97 Å². The van der Waals surface area contributed by atoms with Crippen molar-refractivity contribution in [1.29, 1.82) is 0 Å². The van der Waals surface area contributed by atoms with E-state index in [2.05, 4.69) is 27.4 Å². The van der Waals surface area contributed by atoms with Gasteiger partial charge in [0.05, 0.1) is 23.8 Å². The quantitative estimate of drug-likeness (QED) is 0.721. The van der Waals surface area contributed by atoms with E-state index in [1.54, 1.807) is 12.4 Å². The fraction of sp³-hybridized carbons (Fsp3) is 0. The molecule has 82 valence electrons. The molecule has 0 aliphatic carbocycles. The summed E-state index contributed by atoms with van der Waals surface area (Å²) in [6.07, 6.45) is 7.24. The van der Waals surface area contributed by atoms with Crippen molar-refractivity contribution in [2.75, 3.05) is 5.32 Å². The van der Waals surface area contributed by atoms with Gasteiger partial charge in [-0.25, -0.2) is 0 Å². The lowest BCUT2D eigenvalue weighted by molar-refractivity contribution is 1.31. The predicted octanol–water partition coefficient (Wildman–Crippen LogP) is 3.37. The number of rotatable bonds is 2. The van der Waals surface area contributed by atoms with Gasteiger partial charge in [-0.15, -0.1) is 0 Å². The molecule has 2 heterocycles. The number of fused-ring (bicyclic) bond motifs is 1. The zero-order valence-corrected chi connectivity index (χ0v) is 9.17. The number of aromatic nitrogens is 2. The third kappa shape index (κ3) is 1.95. The second kappa shape index (κ2) is 4.22. The first kappa shape index (κ1) is 9.78. The Morgan fingerprint density at radius 3 is 2.65 bits per heavy atom. The van der Waals surface area contributed by atoms with Crippen molar-refractivity contribution < 1.29 is 0 Å². The van der Waals surface area contributed by atoms with Crippen molar-refractivity contribution in [2.45, 2.75) is 0 Å². The molecule has 0 spiro atoms. The number of anilines is 2. The Kier molecular flexibility index (Phi) is 2.43. The molecule has 0 saturated carbocycles.